The number of rotatable bonds is 4. The Morgan fingerprint density at radius 1 is 1.22 bits per heavy atom. The number of para-hydroxylation sites is 1. The van der Waals surface area contributed by atoms with Gasteiger partial charge in [-0.25, -0.2) is 0 Å². The molecule has 0 fully saturated rings. The van der Waals surface area contributed by atoms with Gasteiger partial charge in [0.2, 0.25) is 0 Å². The topological polar surface area (TPSA) is 104 Å². The number of nitro benzene ring substituents is 1. The average molecular weight is 385 g/mol. The van der Waals surface area contributed by atoms with E-state index in [1.807, 2.05) is 24.3 Å². The van der Waals surface area contributed by atoms with Gasteiger partial charge in [-0.3, -0.25) is 19.7 Å². The first-order valence-corrected chi connectivity index (χ1v) is 8.72. The number of fused-ring (bicyclic) bond motifs is 1. The third-order valence-corrected chi connectivity index (χ3v) is 5.09. The third-order valence-electron chi connectivity index (χ3n) is 4.03. The maximum absolute atomic E-state index is 12.7. The van der Waals surface area contributed by atoms with Crippen molar-refractivity contribution >= 4 is 39.1 Å². The minimum absolute atomic E-state index is 0.0967. The summed E-state index contributed by atoms with van der Waals surface area (Å²) < 4.78 is 7.17. The van der Waals surface area contributed by atoms with Crippen LogP contribution in [0.4, 0.5) is 5.69 Å². The predicted molar refractivity (Wildman–Crippen MR) is 99.6 cm³/mol. The van der Waals surface area contributed by atoms with Crippen molar-refractivity contribution in [1.29, 1.82) is 0 Å². The highest BCUT2D eigenvalue weighted by atomic mass is 32.1. The molecule has 0 saturated heterocycles. The third kappa shape index (κ3) is 3.63. The molecule has 3 rings (SSSR count). The van der Waals surface area contributed by atoms with Crippen molar-refractivity contribution in [3.63, 3.8) is 0 Å². The number of amides is 1. The van der Waals surface area contributed by atoms with Gasteiger partial charge in [-0.05, 0) is 25.1 Å². The Bertz CT molecular complexity index is 1130. The molecule has 0 aliphatic heterocycles. The quantitative estimate of drug-likeness (QED) is 0.390. The molecule has 0 aliphatic rings. The van der Waals surface area contributed by atoms with E-state index in [1.165, 1.54) is 43.6 Å². The van der Waals surface area contributed by atoms with Crippen molar-refractivity contribution in [1.82, 2.24) is 4.57 Å². The van der Waals surface area contributed by atoms with E-state index in [0.29, 0.717) is 4.80 Å². The molecule has 2 aromatic carbocycles. The molecule has 0 bridgehead atoms. The van der Waals surface area contributed by atoms with Gasteiger partial charge >= 0.3 is 5.97 Å². The van der Waals surface area contributed by atoms with E-state index in [0.717, 1.165) is 10.2 Å². The lowest BCUT2D eigenvalue weighted by Gasteiger charge is -2.04. The number of thiazole rings is 1. The highest BCUT2D eigenvalue weighted by molar-refractivity contribution is 7.16. The van der Waals surface area contributed by atoms with Crippen LogP contribution in [0.15, 0.2) is 47.5 Å². The maximum Gasteiger partial charge on any atom is 0.325 e. The summed E-state index contributed by atoms with van der Waals surface area (Å²) in [4.78, 5) is 39.4. The van der Waals surface area contributed by atoms with E-state index in [9.17, 15) is 19.7 Å². The molecule has 27 heavy (non-hydrogen) atoms. The highest BCUT2D eigenvalue weighted by Crippen LogP contribution is 2.22. The van der Waals surface area contributed by atoms with Gasteiger partial charge < -0.3 is 9.30 Å². The second-order valence-electron chi connectivity index (χ2n) is 5.64. The SMILES string of the molecule is COC(=O)Cn1c(=NC(=O)c2cccc([N+](=O)[O-])c2C)sc2ccccc21. The van der Waals surface area contributed by atoms with E-state index < -0.39 is 16.8 Å². The number of carbonyl (C=O) groups excluding carboxylic acids is 2. The first-order chi connectivity index (χ1) is 12.9. The van der Waals surface area contributed by atoms with E-state index >= 15 is 0 Å². The molecule has 8 nitrogen and oxygen atoms in total. The number of aromatic nitrogens is 1. The summed E-state index contributed by atoms with van der Waals surface area (Å²) in [6, 6.07) is 11.6. The Balaban J connectivity index is 2.15. The van der Waals surface area contributed by atoms with Crippen LogP contribution >= 0.6 is 11.3 Å². The zero-order chi connectivity index (χ0) is 19.6. The lowest BCUT2D eigenvalue weighted by Crippen LogP contribution is -2.22. The number of nitro groups is 1. The zero-order valence-corrected chi connectivity index (χ0v) is 15.4. The number of benzene rings is 2. The van der Waals surface area contributed by atoms with Gasteiger partial charge in [0.1, 0.15) is 6.54 Å². The second kappa shape index (κ2) is 7.50. The molecule has 0 spiro atoms. The van der Waals surface area contributed by atoms with Crippen LogP contribution in [0.2, 0.25) is 0 Å². The van der Waals surface area contributed by atoms with Gasteiger partial charge in [-0.1, -0.05) is 29.5 Å². The normalized spacial score (nSPS) is 11.6. The first kappa shape index (κ1) is 18.5. The fourth-order valence-corrected chi connectivity index (χ4v) is 3.68. The number of esters is 1. The van der Waals surface area contributed by atoms with Crippen LogP contribution in [0.1, 0.15) is 15.9 Å². The van der Waals surface area contributed by atoms with Gasteiger partial charge in [0.25, 0.3) is 11.6 Å². The number of nitrogens with zero attached hydrogens (tertiary/aromatic N) is 3. The Kier molecular flexibility index (Phi) is 5.13. The van der Waals surface area contributed by atoms with E-state index in [2.05, 4.69) is 4.99 Å². The van der Waals surface area contributed by atoms with Crippen molar-refractivity contribution in [3.8, 4) is 0 Å². The standard InChI is InChI=1S/C18H15N3O5S/c1-11-12(6-5-8-13(11)21(24)25)17(23)19-18-20(10-16(22)26-2)14-7-3-4-9-15(14)27-18/h3-9H,10H2,1-2H3. The van der Waals surface area contributed by atoms with Crippen LogP contribution in [0, 0.1) is 17.0 Å². The van der Waals surface area contributed by atoms with Crippen LogP contribution in [-0.4, -0.2) is 28.5 Å². The maximum atomic E-state index is 12.7. The summed E-state index contributed by atoms with van der Waals surface area (Å²) in [5.41, 5.74) is 0.994. The summed E-state index contributed by atoms with van der Waals surface area (Å²) in [6.45, 7) is 1.41. The second-order valence-corrected chi connectivity index (χ2v) is 6.65. The monoisotopic (exact) mass is 385 g/mol. The zero-order valence-electron chi connectivity index (χ0n) is 14.5. The summed E-state index contributed by atoms with van der Waals surface area (Å²) in [5.74, 6) is -1.08. The van der Waals surface area contributed by atoms with E-state index in [4.69, 9.17) is 4.74 Å². The number of hydrogen-bond acceptors (Lipinski definition) is 6. The largest absolute Gasteiger partial charge is 0.468 e. The molecule has 1 aromatic heterocycles. The van der Waals surface area contributed by atoms with Crippen molar-refractivity contribution in [2.24, 2.45) is 4.99 Å². The van der Waals surface area contributed by atoms with Crippen LogP contribution in [0.5, 0.6) is 0 Å². The molecule has 0 aliphatic carbocycles. The highest BCUT2D eigenvalue weighted by Gasteiger charge is 2.18. The van der Waals surface area contributed by atoms with Crippen LogP contribution in [-0.2, 0) is 16.1 Å². The Labute approximate surface area is 157 Å². The molecule has 0 saturated carbocycles. The fourth-order valence-electron chi connectivity index (χ4n) is 2.65. The first-order valence-electron chi connectivity index (χ1n) is 7.90. The molecule has 138 valence electrons. The molecule has 0 radical (unpaired) electrons. The summed E-state index contributed by atoms with van der Waals surface area (Å²) >= 11 is 1.25. The smallest absolute Gasteiger partial charge is 0.325 e. The molecule has 1 amide bonds. The van der Waals surface area contributed by atoms with Gasteiger partial charge in [-0.2, -0.15) is 4.99 Å². The van der Waals surface area contributed by atoms with E-state index in [1.54, 1.807) is 4.57 Å². The fraction of sp³-hybridized carbons (Fsp3) is 0.167. The molecule has 3 aromatic rings. The number of ether oxygens (including phenoxy) is 1. The number of methoxy groups -OCH3 is 1. The van der Waals surface area contributed by atoms with Gasteiger partial charge in [0.15, 0.2) is 4.80 Å². The van der Waals surface area contributed by atoms with Crippen LogP contribution in [0.3, 0.4) is 0 Å². The minimum atomic E-state index is -0.610. The average Bonchev–Trinajstić information content (AvgIpc) is 2.98. The van der Waals surface area contributed by atoms with E-state index in [-0.39, 0.29) is 23.4 Å². The molecular formula is C18H15N3O5S. The number of carbonyl (C=O) groups is 2. The lowest BCUT2D eigenvalue weighted by molar-refractivity contribution is -0.385. The predicted octanol–water partition coefficient (Wildman–Crippen LogP) is 2.83. The van der Waals surface area contributed by atoms with Crippen LogP contribution < -0.4 is 4.80 Å². The van der Waals surface area contributed by atoms with Crippen LogP contribution in [0.25, 0.3) is 10.2 Å². The van der Waals surface area contributed by atoms with Crippen molar-refractivity contribution in [2.75, 3.05) is 7.11 Å². The molecule has 0 unspecified atom stereocenters. The van der Waals surface area contributed by atoms with Crippen molar-refractivity contribution < 1.29 is 19.2 Å². The van der Waals surface area contributed by atoms with Crippen molar-refractivity contribution in [2.45, 2.75) is 13.5 Å². The number of hydrogen-bond donors (Lipinski definition) is 0. The lowest BCUT2D eigenvalue weighted by atomic mass is 10.1. The molecule has 0 N–H and O–H groups in total. The van der Waals surface area contributed by atoms with Gasteiger partial charge in [-0.15, -0.1) is 0 Å². The van der Waals surface area contributed by atoms with Gasteiger partial charge in [0.05, 0.1) is 27.8 Å². The molecule has 0 atom stereocenters. The summed E-state index contributed by atoms with van der Waals surface area (Å²) in [5, 5.41) is 11.1. The molecule has 1 heterocycles. The molecule has 9 heteroatoms. The Morgan fingerprint density at radius 3 is 2.67 bits per heavy atom. The van der Waals surface area contributed by atoms with Gasteiger partial charge in [0, 0.05) is 11.6 Å². The Morgan fingerprint density at radius 2 is 1.96 bits per heavy atom. The van der Waals surface area contributed by atoms with Crippen molar-refractivity contribution in [3.05, 3.63) is 68.5 Å². The summed E-state index contributed by atoms with van der Waals surface area (Å²) in [7, 11) is 1.28. The summed E-state index contributed by atoms with van der Waals surface area (Å²) in [6.07, 6.45) is 0. The Hall–Kier alpha value is -3.33. The minimum Gasteiger partial charge on any atom is -0.468 e. The molecular weight excluding hydrogens is 370 g/mol.